The number of ether oxygens (including phenoxy) is 1. The maximum absolute atomic E-state index is 13.2. The minimum atomic E-state index is -0.529. The van der Waals surface area contributed by atoms with Crippen molar-refractivity contribution in [3.63, 3.8) is 0 Å². The van der Waals surface area contributed by atoms with Crippen LogP contribution in [0, 0.1) is 5.82 Å². The van der Waals surface area contributed by atoms with Crippen LogP contribution in [0.15, 0.2) is 46.4 Å². The number of benzene rings is 2. The predicted molar refractivity (Wildman–Crippen MR) is 82.2 cm³/mol. The molecule has 4 nitrogen and oxygen atoms in total. The van der Waals surface area contributed by atoms with Gasteiger partial charge in [0.15, 0.2) is 5.84 Å². The molecule has 0 aliphatic carbocycles. The van der Waals surface area contributed by atoms with E-state index < -0.39 is 5.82 Å². The van der Waals surface area contributed by atoms with Crippen LogP contribution in [0.2, 0.25) is 5.02 Å². The lowest BCUT2D eigenvalue weighted by Gasteiger charge is -2.13. The molecule has 2 aromatic carbocycles. The summed E-state index contributed by atoms with van der Waals surface area (Å²) in [5.74, 6) is 0.146. The first-order chi connectivity index (χ1) is 10.1. The van der Waals surface area contributed by atoms with Crippen molar-refractivity contribution in [1.29, 1.82) is 0 Å². The molecular formula is C14H12ClFN2O2S. The van der Waals surface area contributed by atoms with Crippen LogP contribution in [0.1, 0.15) is 5.56 Å². The molecule has 2 rings (SSSR count). The first-order valence-electron chi connectivity index (χ1n) is 5.84. The largest absolute Gasteiger partial charge is 0.457 e. The first kappa shape index (κ1) is 15.5. The summed E-state index contributed by atoms with van der Waals surface area (Å²) in [6.07, 6.45) is 1.86. The van der Waals surface area contributed by atoms with Gasteiger partial charge in [-0.15, -0.1) is 11.8 Å². The molecule has 0 heterocycles. The molecule has 0 spiro atoms. The van der Waals surface area contributed by atoms with E-state index in [9.17, 15) is 4.39 Å². The molecule has 3 N–H and O–H groups in total. The molecule has 0 unspecified atom stereocenters. The van der Waals surface area contributed by atoms with Gasteiger partial charge in [-0.1, -0.05) is 22.8 Å². The van der Waals surface area contributed by atoms with Crippen molar-refractivity contribution in [3.05, 3.63) is 52.8 Å². The van der Waals surface area contributed by atoms with E-state index in [1.807, 2.05) is 12.3 Å². The van der Waals surface area contributed by atoms with Crippen molar-refractivity contribution in [1.82, 2.24) is 0 Å². The molecule has 0 atom stereocenters. The van der Waals surface area contributed by atoms with Crippen LogP contribution in [-0.4, -0.2) is 17.3 Å². The number of halogens is 2. The number of nitrogens with two attached hydrogens (primary N) is 1. The van der Waals surface area contributed by atoms with Crippen molar-refractivity contribution >= 4 is 29.2 Å². The van der Waals surface area contributed by atoms with Gasteiger partial charge in [0, 0.05) is 11.0 Å². The topological polar surface area (TPSA) is 67.8 Å². The third-order valence-electron chi connectivity index (χ3n) is 2.69. The molecule has 0 radical (unpaired) electrons. The van der Waals surface area contributed by atoms with Crippen LogP contribution in [0.4, 0.5) is 4.39 Å². The fourth-order valence-corrected chi connectivity index (χ4v) is 2.53. The van der Waals surface area contributed by atoms with Gasteiger partial charge >= 0.3 is 0 Å². The van der Waals surface area contributed by atoms with Crippen molar-refractivity contribution in [2.75, 3.05) is 6.26 Å². The number of thioether (sulfide) groups is 1. The minimum absolute atomic E-state index is 0.0427. The third kappa shape index (κ3) is 3.40. The van der Waals surface area contributed by atoms with Gasteiger partial charge < -0.3 is 15.7 Å². The van der Waals surface area contributed by atoms with Gasteiger partial charge in [-0.2, -0.15) is 0 Å². The molecule has 0 aliphatic rings. The maximum Gasteiger partial charge on any atom is 0.175 e. The molecule has 7 heteroatoms. The summed E-state index contributed by atoms with van der Waals surface area (Å²) in [4.78, 5) is 0.788. The van der Waals surface area contributed by atoms with Crippen LogP contribution in [-0.2, 0) is 0 Å². The van der Waals surface area contributed by atoms with E-state index in [0.717, 1.165) is 4.90 Å². The molecule has 0 aliphatic heterocycles. The number of nitrogens with zero attached hydrogens (tertiary/aromatic N) is 1. The zero-order valence-corrected chi connectivity index (χ0v) is 12.6. The van der Waals surface area contributed by atoms with E-state index in [-0.39, 0.29) is 10.9 Å². The zero-order valence-electron chi connectivity index (χ0n) is 11.0. The number of hydrogen-bond donors (Lipinski definition) is 2. The number of hydrogen-bond acceptors (Lipinski definition) is 4. The molecule has 0 amide bonds. The third-order valence-corrected chi connectivity index (χ3v) is 3.76. The molecule has 0 aromatic heterocycles. The fraction of sp³-hybridized carbons (Fsp3) is 0.0714. The Morgan fingerprint density at radius 1 is 1.38 bits per heavy atom. The number of amidine groups is 1. The normalized spacial score (nSPS) is 11.5. The molecule has 110 valence electrons. The zero-order chi connectivity index (χ0) is 15.4. The monoisotopic (exact) mass is 326 g/mol. The average molecular weight is 327 g/mol. The van der Waals surface area contributed by atoms with E-state index in [2.05, 4.69) is 5.16 Å². The summed E-state index contributed by atoms with van der Waals surface area (Å²) >= 11 is 7.15. The summed E-state index contributed by atoms with van der Waals surface area (Å²) in [5, 5.41) is 11.9. The van der Waals surface area contributed by atoms with Crippen LogP contribution >= 0.6 is 23.4 Å². The molecule has 21 heavy (non-hydrogen) atoms. The highest BCUT2D eigenvalue weighted by Crippen LogP contribution is 2.33. The molecule has 0 saturated carbocycles. The van der Waals surface area contributed by atoms with Crippen LogP contribution < -0.4 is 10.5 Å². The van der Waals surface area contributed by atoms with Crippen molar-refractivity contribution in [3.8, 4) is 11.5 Å². The van der Waals surface area contributed by atoms with Gasteiger partial charge in [-0.05, 0) is 30.5 Å². The summed E-state index contributed by atoms with van der Waals surface area (Å²) in [5.41, 5.74) is 6.17. The molecule has 0 fully saturated rings. The van der Waals surface area contributed by atoms with Gasteiger partial charge in [-0.25, -0.2) is 4.39 Å². The Hall–Kier alpha value is -1.92. The van der Waals surface area contributed by atoms with E-state index in [4.69, 9.17) is 27.3 Å². The minimum Gasteiger partial charge on any atom is -0.457 e. The Balaban J connectivity index is 2.46. The SMILES string of the molecule is CSc1cccc(Oc2ccc(F)c(Cl)c2)c1/C(N)=N/O. The maximum atomic E-state index is 13.2. The second-order valence-corrected chi connectivity index (χ2v) is 5.25. The summed E-state index contributed by atoms with van der Waals surface area (Å²) in [6.45, 7) is 0. The Morgan fingerprint density at radius 3 is 2.76 bits per heavy atom. The van der Waals surface area contributed by atoms with Gasteiger partial charge in [-0.3, -0.25) is 0 Å². The van der Waals surface area contributed by atoms with Crippen LogP contribution in [0.3, 0.4) is 0 Å². The van der Waals surface area contributed by atoms with Gasteiger partial charge in [0.25, 0.3) is 0 Å². The molecule has 0 saturated heterocycles. The lowest BCUT2D eigenvalue weighted by Crippen LogP contribution is -2.15. The molecular weight excluding hydrogens is 315 g/mol. The molecule has 2 aromatic rings. The quantitative estimate of drug-likeness (QED) is 0.292. The lowest BCUT2D eigenvalue weighted by atomic mass is 10.2. The Labute approximate surface area is 130 Å². The first-order valence-corrected chi connectivity index (χ1v) is 7.45. The Bertz CT molecular complexity index is 695. The van der Waals surface area contributed by atoms with E-state index >= 15 is 0 Å². The average Bonchev–Trinajstić information content (AvgIpc) is 2.50. The Kier molecular flexibility index (Phi) is 4.93. The van der Waals surface area contributed by atoms with E-state index in [1.54, 1.807) is 12.1 Å². The lowest BCUT2D eigenvalue weighted by molar-refractivity contribution is 0.318. The van der Waals surface area contributed by atoms with Gasteiger partial charge in [0.1, 0.15) is 17.3 Å². The second-order valence-electron chi connectivity index (χ2n) is 4.00. The smallest absolute Gasteiger partial charge is 0.175 e. The second kappa shape index (κ2) is 6.69. The van der Waals surface area contributed by atoms with Crippen molar-refractivity contribution in [2.45, 2.75) is 4.90 Å². The van der Waals surface area contributed by atoms with Gasteiger partial charge in [0.05, 0.1) is 10.6 Å². The fourth-order valence-electron chi connectivity index (χ4n) is 1.74. The standard InChI is InChI=1S/C14H12ClFN2O2S/c1-21-12-4-2-3-11(13(12)14(17)18-19)20-8-5-6-10(16)9(15)7-8/h2-7,19H,1H3,(H2,17,18). The number of rotatable bonds is 4. The van der Waals surface area contributed by atoms with Gasteiger partial charge in [0.2, 0.25) is 0 Å². The highest BCUT2D eigenvalue weighted by Gasteiger charge is 2.15. The summed E-state index contributed by atoms with van der Waals surface area (Å²) in [7, 11) is 0. The summed E-state index contributed by atoms with van der Waals surface area (Å²) in [6, 6.07) is 9.29. The molecule has 0 bridgehead atoms. The van der Waals surface area contributed by atoms with E-state index in [1.165, 1.54) is 30.0 Å². The van der Waals surface area contributed by atoms with Crippen LogP contribution in [0.5, 0.6) is 11.5 Å². The van der Waals surface area contributed by atoms with E-state index in [0.29, 0.717) is 17.1 Å². The predicted octanol–water partition coefficient (Wildman–Crippen LogP) is 4.09. The van der Waals surface area contributed by atoms with Crippen molar-refractivity contribution < 1.29 is 14.3 Å². The highest BCUT2D eigenvalue weighted by atomic mass is 35.5. The summed E-state index contributed by atoms with van der Waals surface area (Å²) < 4.78 is 18.8. The van der Waals surface area contributed by atoms with Crippen molar-refractivity contribution in [2.24, 2.45) is 10.9 Å². The number of oxime groups is 1. The highest BCUT2D eigenvalue weighted by molar-refractivity contribution is 7.98. The Morgan fingerprint density at radius 2 is 2.14 bits per heavy atom. The van der Waals surface area contributed by atoms with Crippen LogP contribution in [0.25, 0.3) is 0 Å².